The average molecular weight is 214 g/mol. The molecule has 0 aliphatic rings. The van der Waals surface area contributed by atoms with Crippen molar-refractivity contribution in [3.63, 3.8) is 0 Å². The van der Waals surface area contributed by atoms with Gasteiger partial charge in [-0.3, -0.25) is 4.79 Å². The summed E-state index contributed by atoms with van der Waals surface area (Å²) in [6.07, 6.45) is 2.97. The smallest absolute Gasteiger partial charge is 0.236 e. The number of hydrogen-bond donors (Lipinski definition) is 2. The van der Waals surface area contributed by atoms with Crippen LogP contribution >= 0.6 is 0 Å². The second-order valence-corrected chi connectivity index (χ2v) is 4.66. The highest BCUT2D eigenvalue weighted by molar-refractivity contribution is 5.81. The van der Waals surface area contributed by atoms with Crippen LogP contribution in [0.5, 0.6) is 0 Å². The summed E-state index contributed by atoms with van der Waals surface area (Å²) in [6, 6.07) is -0.348. The van der Waals surface area contributed by atoms with Crippen LogP contribution in [0.1, 0.15) is 47.0 Å². The number of carbonyl (C=O) groups excluding carboxylic acids is 1. The molecule has 0 radical (unpaired) electrons. The Morgan fingerprint density at radius 1 is 1.27 bits per heavy atom. The molecule has 0 bridgehead atoms. The van der Waals surface area contributed by atoms with Gasteiger partial charge in [-0.05, 0) is 18.3 Å². The summed E-state index contributed by atoms with van der Waals surface area (Å²) in [5.41, 5.74) is 5.78. The predicted molar refractivity (Wildman–Crippen MR) is 64.5 cm³/mol. The van der Waals surface area contributed by atoms with Crippen LogP contribution in [-0.2, 0) is 4.79 Å². The monoisotopic (exact) mass is 214 g/mol. The molecule has 15 heavy (non-hydrogen) atoms. The molecule has 3 N–H and O–H groups in total. The highest BCUT2D eigenvalue weighted by Crippen LogP contribution is 2.06. The van der Waals surface area contributed by atoms with E-state index in [1.807, 2.05) is 0 Å². The van der Waals surface area contributed by atoms with Crippen LogP contribution < -0.4 is 11.1 Å². The lowest BCUT2D eigenvalue weighted by Crippen LogP contribution is -2.43. The second kappa shape index (κ2) is 7.69. The summed E-state index contributed by atoms with van der Waals surface area (Å²) in [4.78, 5) is 11.6. The summed E-state index contributed by atoms with van der Waals surface area (Å²) in [6.45, 7) is 9.21. The minimum Gasteiger partial charge on any atom is -0.354 e. The molecule has 3 heteroatoms. The second-order valence-electron chi connectivity index (χ2n) is 4.66. The van der Waals surface area contributed by atoms with Crippen molar-refractivity contribution in [3.8, 4) is 0 Å². The van der Waals surface area contributed by atoms with Crippen LogP contribution in [-0.4, -0.2) is 18.5 Å². The van der Waals surface area contributed by atoms with Crippen LogP contribution in [0, 0.1) is 11.8 Å². The highest BCUT2D eigenvalue weighted by Gasteiger charge is 2.15. The minimum absolute atomic E-state index is 0.00407. The molecule has 0 aromatic rings. The number of nitrogens with one attached hydrogen (secondary N) is 1. The summed E-state index contributed by atoms with van der Waals surface area (Å²) in [5.74, 6) is 1.05. The van der Waals surface area contributed by atoms with Crippen LogP contribution in [0.15, 0.2) is 0 Å². The molecule has 90 valence electrons. The molecule has 0 aromatic carbocycles. The van der Waals surface area contributed by atoms with Gasteiger partial charge in [0.05, 0.1) is 6.04 Å². The van der Waals surface area contributed by atoms with Crippen LogP contribution in [0.4, 0.5) is 0 Å². The SMILES string of the molecule is CCC(CC)CNC(=O)C(N)CC(C)C. The lowest BCUT2D eigenvalue weighted by molar-refractivity contribution is -0.122. The molecular formula is C12H26N2O. The number of amides is 1. The van der Waals surface area contributed by atoms with Gasteiger partial charge in [-0.2, -0.15) is 0 Å². The summed E-state index contributed by atoms with van der Waals surface area (Å²) >= 11 is 0. The predicted octanol–water partition coefficient (Wildman–Crippen LogP) is 1.91. The van der Waals surface area contributed by atoms with Gasteiger partial charge in [-0.1, -0.05) is 40.5 Å². The summed E-state index contributed by atoms with van der Waals surface area (Å²) < 4.78 is 0. The first kappa shape index (κ1) is 14.4. The molecular weight excluding hydrogens is 188 g/mol. The van der Waals surface area contributed by atoms with E-state index in [1.165, 1.54) is 0 Å². The molecule has 0 aromatic heterocycles. The maximum Gasteiger partial charge on any atom is 0.236 e. The van der Waals surface area contributed by atoms with Crippen molar-refractivity contribution in [2.45, 2.75) is 53.0 Å². The fourth-order valence-corrected chi connectivity index (χ4v) is 1.57. The number of nitrogens with two attached hydrogens (primary N) is 1. The Bertz CT molecular complexity index is 176. The van der Waals surface area contributed by atoms with E-state index in [9.17, 15) is 4.79 Å². The molecule has 1 amide bonds. The zero-order chi connectivity index (χ0) is 11.8. The Hall–Kier alpha value is -0.570. The van der Waals surface area contributed by atoms with E-state index in [0.717, 1.165) is 25.8 Å². The van der Waals surface area contributed by atoms with Crippen molar-refractivity contribution in [1.82, 2.24) is 5.32 Å². The summed E-state index contributed by atoms with van der Waals surface area (Å²) in [7, 11) is 0. The number of hydrogen-bond acceptors (Lipinski definition) is 2. The Balaban J connectivity index is 3.81. The zero-order valence-electron chi connectivity index (χ0n) is 10.5. The van der Waals surface area contributed by atoms with Gasteiger partial charge < -0.3 is 11.1 Å². The van der Waals surface area contributed by atoms with Crippen molar-refractivity contribution in [2.24, 2.45) is 17.6 Å². The van der Waals surface area contributed by atoms with Crippen molar-refractivity contribution < 1.29 is 4.79 Å². The van der Waals surface area contributed by atoms with E-state index >= 15 is 0 Å². The summed E-state index contributed by atoms with van der Waals surface area (Å²) in [5, 5.41) is 2.93. The van der Waals surface area contributed by atoms with Crippen molar-refractivity contribution in [3.05, 3.63) is 0 Å². The highest BCUT2D eigenvalue weighted by atomic mass is 16.2. The van der Waals surface area contributed by atoms with E-state index in [4.69, 9.17) is 5.73 Å². The first-order valence-corrected chi connectivity index (χ1v) is 6.04. The number of carbonyl (C=O) groups is 1. The van der Waals surface area contributed by atoms with Gasteiger partial charge >= 0.3 is 0 Å². The minimum atomic E-state index is -0.348. The fourth-order valence-electron chi connectivity index (χ4n) is 1.57. The Morgan fingerprint density at radius 3 is 2.20 bits per heavy atom. The van der Waals surface area contributed by atoms with Gasteiger partial charge in [-0.25, -0.2) is 0 Å². The van der Waals surface area contributed by atoms with E-state index in [0.29, 0.717) is 11.8 Å². The molecule has 1 unspecified atom stereocenters. The molecule has 0 spiro atoms. The quantitative estimate of drug-likeness (QED) is 0.680. The molecule has 3 nitrogen and oxygen atoms in total. The standard InChI is InChI=1S/C12H26N2O/c1-5-10(6-2)8-14-12(15)11(13)7-9(3)4/h9-11H,5-8,13H2,1-4H3,(H,14,15). The molecule has 0 rings (SSSR count). The Morgan fingerprint density at radius 2 is 1.80 bits per heavy atom. The third-order valence-corrected chi connectivity index (χ3v) is 2.78. The number of rotatable bonds is 7. The Labute approximate surface area is 93.8 Å². The van der Waals surface area contributed by atoms with Crippen LogP contribution in [0.2, 0.25) is 0 Å². The van der Waals surface area contributed by atoms with Gasteiger partial charge in [0, 0.05) is 6.54 Å². The van der Waals surface area contributed by atoms with E-state index < -0.39 is 0 Å². The maximum atomic E-state index is 11.6. The fraction of sp³-hybridized carbons (Fsp3) is 0.917. The first-order chi connectivity index (χ1) is 7.01. The van der Waals surface area contributed by atoms with Gasteiger partial charge in [0.2, 0.25) is 5.91 Å². The van der Waals surface area contributed by atoms with Gasteiger partial charge in [0.15, 0.2) is 0 Å². The van der Waals surface area contributed by atoms with E-state index in [-0.39, 0.29) is 11.9 Å². The van der Waals surface area contributed by atoms with E-state index in [2.05, 4.69) is 33.0 Å². The van der Waals surface area contributed by atoms with Crippen molar-refractivity contribution in [1.29, 1.82) is 0 Å². The topological polar surface area (TPSA) is 55.1 Å². The molecule has 0 fully saturated rings. The largest absolute Gasteiger partial charge is 0.354 e. The first-order valence-electron chi connectivity index (χ1n) is 6.04. The van der Waals surface area contributed by atoms with Gasteiger partial charge in [-0.15, -0.1) is 0 Å². The third kappa shape index (κ3) is 6.50. The zero-order valence-corrected chi connectivity index (χ0v) is 10.5. The lowest BCUT2D eigenvalue weighted by atomic mass is 10.0. The molecule has 0 saturated carbocycles. The van der Waals surface area contributed by atoms with Crippen molar-refractivity contribution >= 4 is 5.91 Å². The molecule has 0 heterocycles. The average Bonchev–Trinajstić information content (AvgIpc) is 2.18. The van der Waals surface area contributed by atoms with Gasteiger partial charge in [0.1, 0.15) is 0 Å². The molecule has 0 aliphatic carbocycles. The van der Waals surface area contributed by atoms with E-state index in [1.54, 1.807) is 0 Å². The van der Waals surface area contributed by atoms with Crippen LogP contribution in [0.3, 0.4) is 0 Å². The lowest BCUT2D eigenvalue weighted by Gasteiger charge is -2.17. The normalized spacial score (nSPS) is 13.3. The molecule has 0 saturated heterocycles. The maximum absolute atomic E-state index is 11.6. The molecule has 1 atom stereocenters. The van der Waals surface area contributed by atoms with Crippen LogP contribution in [0.25, 0.3) is 0 Å². The van der Waals surface area contributed by atoms with Gasteiger partial charge in [0.25, 0.3) is 0 Å². The molecule has 0 aliphatic heterocycles. The van der Waals surface area contributed by atoms with Crippen molar-refractivity contribution in [2.75, 3.05) is 6.54 Å². The third-order valence-electron chi connectivity index (χ3n) is 2.78. The Kier molecular flexibility index (Phi) is 7.39.